The van der Waals surface area contributed by atoms with Crippen LogP contribution in [0.25, 0.3) is 0 Å². The molecule has 2 aliphatic rings. The fraction of sp³-hybridized carbons (Fsp3) is 0.600. The Hall–Kier alpha value is -2.12. The minimum atomic E-state index is 0.0105. The van der Waals surface area contributed by atoms with E-state index in [9.17, 15) is 9.59 Å². The molecule has 0 N–H and O–H groups in total. The highest BCUT2D eigenvalue weighted by Gasteiger charge is 2.33. The highest BCUT2D eigenvalue weighted by Crippen LogP contribution is 2.20. The average molecular weight is 375 g/mol. The quantitative estimate of drug-likeness (QED) is 0.741. The summed E-state index contributed by atoms with van der Waals surface area (Å²) in [5.74, 6) is 1.05. The number of piperazine rings is 1. The van der Waals surface area contributed by atoms with E-state index in [-0.39, 0.29) is 17.7 Å². The molecule has 0 aromatic heterocycles. The first-order valence-electron chi connectivity index (χ1n) is 9.55. The number of carbonyl (C=O) groups is 2. The molecule has 2 amide bonds. The van der Waals surface area contributed by atoms with E-state index in [1.807, 2.05) is 9.80 Å². The minimum absolute atomic E-state index is 0.0105. The number of benzene rings is 1. The van der Waals surface area contributed by atoms with E-state index >= 15 is 0 Å². The summed E-state index contributed by atoms with van der Waals surface area (Å²) in [4.78, 5) is 31.5. The molecule has 0 radical (unpaired) electrons. The Morgan fingerprint density at radius 2 is 1.67 bits per heavy atom. The highest BCUT2D eigenvalue weighted by atomic mass is 16.5. The molecular weight excluding hydrogens is 346 g/mol. The maximum Gasteiger partial charge on any atom is 0.253 e. The number of hydrogen-bond acceptors (Lipinski definition) is 5. The first-order chi connectivity index (χ1) is 13.1. The Balaban J connectivity index is 1.48. The van der Waals surface area contributed by atoms with Crippen molar-refractivity contribution in [3.8, 4) is 5.75 Å². The predicted octanol–water partition coefficient (Wildman–Crippen LogP) is 0.948. The lowest BCUT2D eigenvalue weighted by molar-refractivity contribution is -0.136. The van der Waals surface area contributed by atoms with E-state index in [1.54, 1.807) is 38.5 Å². The van der Waals surface area contributed by atoms with Gasteiger partial charge in [-0.1, -0.05) is 0 Å². The molecule has 7 heteroatoms. The van der Waals surface area contributed by atoms with Crippen molar-refractivity contribution < 1.29 is 19.1 Å². The van der Waals surface area contributed by atoms with Crippen LogP contribution in [-0.2, 0) is 9.53 Å². The van der Waals surface area contributed by atoms with Crippen molar-refractivity contribution in [1.29, 1.82) is 0 Å². The summed E-state index contributed by atoms with van der Waals surface area (Å²) < 4.78 is 10.3. The second-order valence-electron chi connectivity index (χ2n) is 7.12. The molecule has 0 aliphatic carbocycles. The van der Waals surface area contributed by atoms with E-state index < -0.39 is 0 Å². The monoisotopic (exact) mass is 375 g/mol. The number of nitrogens with zero attached hydrogens (tertiary/aromatic N) is 3. The fourth-order valence-electron chi connectivity index (χ4n) is 3.76. The van der Waals surface area contributed by atoms with Crippen LogP contribution in [0, 0.1) is 5.92 Å². The van der Waals surface area contributed by atoms with Crippen LogP contribution in [-0.4, -0.2) is 93.2 Å². The first kappa shape index (κ1) is 19.6. The van der Waals surface area contributed by atoms with Crippen LogP contribution in [0.3, 0.4) is 0 Å². The topological polar surface area (TPSA) is 62.3 Å². The van der Waals surface area contributed by atoms with Gasteiger partial charge in [0, 0.05) is 51.9 Å². The van der Waals surface area contributed by atoms with Gasteiger partial charge in [-0.2, -0.15) is 0 Å². The van der Waals surface area contributed by atoms with E-state index in [0.29, 0.717) is 38.3 Å². The summed E-state index contributed by atoms with van der Waals surface area (Å²) in [6, 6.07) is 7.16. The molecule has 0 unspecified atom stereocenters. The standard InChI is InChI=1S/C20H29N3O4/c1-26-14-13-21-8-7-17(15-21)20(25)23-11-9-22(10-12-23)19(24)16-3-5-18(27-2)6-4-16/h3-6,17H,7-15H2,1-2H3/t17-/m1/s1. The van der Waals surface area contributed by atoms with Crippen LogP contribution >= 0.6 is 0 Å². The summed E-state index contributed by atoms with van der Waals surface area (Å²) in [6.07, 6.45) is 0.910. The number of hydrogen-bond donors (Lipinski definition) is 0. The molecule has 1 aromatic carbocycles. The van der Waals surface area contributed by atoms with Gasteiger partial charge >= 0.3 is 0 Å². The van der Waals surface area contributed by atoms with Crippen LogP contribution in [0.2, 0.25) is 0 Å². The van der Waals surface area contributed by atoms with Gasteiger partial charge in [0.2, 0.25) is 5.91 Å². The van der Waals surface area contributed by atoms with Gasteiger partial charge in [0.25, 0.3) is 5.91 Å². The van der Waals surface area contributed by atoms with Crippen LogP contribution in [0.15, 0.2) is 24.3 Å². The zero-order chi connectivity index (χ0) is 19.2. The minimum Gasteiger partial charge on any atom is -0.497 e. The van der Waals surface area contributed by atoms with Crippen LogP contribution < -0.4 is 4.74 Å². The molecule has 2 aliphatic heterocycles. The van der Waals surface area contributed by atoms with Crippen molar-refractivity contribution in [3.05, 3.63) is 29.8 Å². The van der Waals surface area contributed by atoms with Gasteiger partial charge in [-0.15, -0.1) is 0 Å². The molecule has 2 saturated heterocycles. The molecule has 0 saturated carbocycles. The third-order valence-electron chi connectivity index (χ3n) is 5.45. The summed E-state index contributed by atoms with van der Waals surface area (Å²) in [6.45, 7) is 5.72. The lowest BCUT2D eigenvalue weighted by Crippen LogP contribution is -2.52. The lowest BCUT2D eigenvalue weighted by atomic mass is 10.1. The Morgan fingerprint density at radius 3 is 2.30 bits per heavy atom. The third-order valence-corrected chi connectivity index (χ3v) is 5.45. The zero-order valence-electron chi connectivity index (χ0n) is 16.2. The molecule has 3 rings (SSSR count). The van der Waals surface area contributed by atoms with Crippen molar-refractivity contribution in [2.75, 3.05) is 66.6 Å². The van der Waals surface area contributed by atoms with Gasteiger partial charge in [-0.3, -0.25) is 9.59 Å². The van der Waals surface area contributed by atoms with Crippen molar-refractivity contribution in [2.24, 2.45) is 5.92 Å². The number of rotatable bonds is 6. The van der Waals surface area contributed by atoms with Gasteiger partial charge in [-0.25, -0.2) is 0 Å². The number of methoxy groups -OCH3 is 2. The normalized spacial score (nSPS) is 20.7. The highest BCUT2D eigenvalue weighted by molar-refractivity contribution is 5.94. The second kappa shape index (κ2) is 9.19. The maximum absolute atomic E-state index is 12.8. The smallest absolute Gasteiger partial charge is 0.253 e. The van der Waals surface area contributed by atoms with Crippen molar-refractivity contribution >= 4 is 11.8 Å². The van der Waals surface area contributed by atoms with E-state index in [1.165, 1.54) is 0 Å². The molecular formula is C20H29N3O4. The van der Waals surface area contributed by atoms with E-state index in [4.69, 9.17) is 9.47 Å². The fourth-order valence-corrected chi connectivity index (χ4v) is 3.76. The Labute approximate surface area is 160 Å². The molecule has 0 spiro atoms. The molecule has 2 fully saturated rings. The SMILES string of the molecule is COCCN1CC[C@@H](C(=O)N2CCN(C(=O)c3ccc(OC)cc3)CC2)C1. The number of amides is 2. The maximum atomic E-state index is 12.8. The average Bonchev–Trinajstić information content (AvgIpc) is 3.20. The van der Waals surface area contributed by atoms with Crippen molar-refractivity contribution in [3.63, 3.8) is 0 Å². The van der Waals surface area contributed by atoms with E-state index in [0.717, 1.165) is 31.8 Å². The van der Waals surface area contributed by atoms with Gasteiger partial charge in [0.05, 0.1) is 19.6 Å². The molecule has 1 aromatic rings. The van der Waals surface area contributed by atoms with E-state index in [2.05, 4.69) is 4.90 Å². The zero-order valence-corrected chi connectivity index (χ0v) is 16.2. The Kier molecular flexibility index (Phi) is 6.68. The van der Waals surface area contributed by atoms with Gasteiger partial charge in [0.15, 0.2) is 0 Å². The summed E-state index contributed by atoms with van der Waals surface area (Å²) in [7, 11) is 3.31. The molecule has 2 heterocycles. The van der Waals surface area contributed by atoms with Crippen molar-refractivity contribution in [2.45, 2.75) is 6.42 Å². The van der Waals surface area contributed by atoms with Gasteiger partial charge < -0.3 is 24.2 Å². The third kappa shape index (κ3) is 4.78. The largest absolute Gasteiger partial charge is 0.497 e. The summed E-state index contributed by atoms with van der Waals surface area (Å²) in [5.41, 5.74) is 0.653. The summed E-state index contributed by atoms with van der Waals surface area (Å²) in [5, 5.41) is 0. The van der Waals surface area contributed by atoms with Crippen LogP contribution in [0.4, 0.5) is 0 Å². The number of carbonyl (C=O) groups excluding carboxylic acids is 2. The molecule has 1 atom stereocenters. The number of ether oxygens (including phenoxy) is 2. The molecule has 7 nitrogen and oxygen atoms in total. The first-order valence-corrected chi connectivity index (χ1v) is 9.55. The van der Waals surface area contributed by atoms with Crippen LogP contribution in [0.5, 0.6) is 5.75 Å². The Bertz CT molecular complexity index is 641. The molecule has 0 bridgehead atoms. The molecule has 148 valence electrons. The van der Waals surface area contributed by atoms with Gasteiger partial charge in [-0.05, 0) is 37.2 Å². The summed E-state index contributed by atoms with van der Waals surface area (Å²) >= 11 is 0. The van der Waals surface area contributed by atoms with Crippen molar-refractivity contribution in [1.82, 2.24) is 14.7 Å². The second-order valence-corrected chi connectivity index (χ2v) is 7.12. The van der Waals surface area contributed by atoms with Gasteiger partial charge in [0.1, 0.15) is 5.75 Å². The predicted molar refractivity (Wildman–Crippen MR) is 102 cm³/mol. The lowest BCUT2D eigenvalue weighted by Gasteiger charge is -2.36. The Morgan fingerprint density at radius 1 is 1.00 bits per heavy atom. The molecule has 27 heavy (non-hydrogen) atoms. The van der Waals surface area contributed by atoms with Crippen LogP contribution in [0.1, 0.15) is 16.8 Å². The number of likely N-dealkylation sites (tertiary alicyclic amines) is 1.